The Morgan fingerprint density at radius 1 is 0.900 bits per heavy atom. The van der Waals surface area contributed by atoms with Crippen LogP contribution in [0.15, 0.2) is 79.0 Å². The predicted octanol–water partition coefficient (Wildman–Crippen LogP) is 5.32. The Morgan fingerprint density at radius 3 is 2.47 bits per heavy atom. The molecule has 0 unspecified atom stereocenters. The van der Waals surface area contributed by atoms with Crippen molar-refractivity contribution in [2.75, 3.05) is 7.11 Å². The van der Waals surface area contributed by atoms with Crippen molar-refractivity contribution in [3.63, 3.8) is 0 Å². The average molecular weight is 394 g/mol. The third kappa shape index (κ3) is 3.35. The van der Waals surface area contributed by atoms with E-state index in [-0.39, 0.29) is 0 Å². The quantitative estimate of drug-likeness (QED) is 0.439. The summed E-state index contributed by atoms with van der Waals surface area (Å²) in [6.45, 7) is 2.09. The first-order chi connectivity index (χ1) is 14.7. The van der Waals surface area contributed by atoms with Gasteiger partial charge in [0.05, 0.1) is 29.4 Å². The molecule has 0 aliphatic heterocycles. The van der Waals surface area contributed by atoms with Gasteiger partial charge in [0.1, 0.15) is 17.4 Å². The molecule has 5 heteroatoms. The Kier molecular flexibility index (Phi) is 4.56. The van der Waals surface area contributed by atoms with Crippen LogP contribution in [-0.2, 0) is 6.42 Å². The van der Waals surface area contributed by atoms with E-state index in [0.29, 0.717) is 6.42 Å². The molecule has 1 N–H and O–H groups in total. The van der Waals surface area contributed by atoms with Gasteiger partial charge >= 0.3 is 0 Å². The lowest BCUT2D eigenvalue weighted by atomic mass is 10.1. The van der Waals surface area contributed by atoms with Gasteiger partial charge in [-0.25, -0.2) is 9.97 Å². The Morgan fingerprint density at radius 2 is 1.67 bits per heavy atom. The maximum atomic E-state index is 5.61. The number of aryl methyl sites for hydroxylation is 1. The van der Waals surface area contributed by atoms with E-state index < -0.39 is 0 Å². The fourth-order valence-corrected chi connectivity index (χ4v) is 3.70. The molecular formula is C25H22N4O. The zero-order chi connectivity index (χ0) is 20.5. The molecule has 0 fully saturated rings. The molecule has 2 aromatic heterocycles. The highest BCUT2D eigenvalue weighted by atomic mass is 16.5. The summed E-state index contributed by atoms with van der Waals surface area (Å²) in [5.41, 5.74) is 6.18. The van der Waals surface area contributed by atoms with Crippen molar-refractivity contribution in [2.45, 2.75) is 13.3 Å². The summed E-state index contributed by atoms with van der Waals surface area (Å²) < 4.78 is 7.73. The van der Waals surface area contributed by atoms with Crippen LogP contribution in [0.25, 0.3) is 28.1 Å². The summed E-state index contributed by atoms with van der Waals surface area (Å²) in [5.74, 6) is 2.55. The summed E-state index contributed by atoms with van der Waals surface area (Å²) in [5, 5.41) is 0. The van der Waals surface area contributed by atoms with E-state index in [0.717, 1.165) is 45.4 Å². The number of hydrogen-bond acceptors (Lipinski definition) is 3. The number of benzene rings is 3. The topological polar surface area (TPSA) is 55.7 Å². The van der Waals surface area contributed by atoms with Crippen molar-refractivity contribution in [2.24, 2.45) is 0 Å². The number of H-pyrrole nitrogens is 1. The first kappa shape index (κ1) is 18.2. The molecule has 0 bridgehead atoms. The fraction of sp³-hybridized carbons (Fsp3) is 0.120. The number of fused-ring (bicyclic) bond motifs is 1. The number of aromatic nitrogens is 4. The van der Waals surface area contributed by atoms with E-state index >= 15 is 0 Å². The molecule has 0 amide bonds. The Balaban J connectivity index is 1.61. The molecular weight excluding hydrogens is 372 g/mol. The van der Waals surface area contributed by atoms with Gasteiger partial charge in [-0.2, -0.15) is 0 Å². The van der Waals surface area contributed by atoms with Crippen LogP contribution in [0.5, 0.6) is 5.75 Å². The van der Waals surface area contributed by atoms with Crippen molar-refractivity contribution in [3.05, 3.63) is 96.1 Å². The van der Waals surface area contributed by atoms with E-state index in [1.807, 2.05) is 48.5 Å². The molecule has 0 saturated carbocycles. The van der Waals surface area contributed by atoms with Gasteiger partial charge in [-0.3, -0.25) is 4.57 Å². The number of aromatic amines is 1. The highest BCUT2D eigenvalue weighted by Crippen LogP contribution is 2.31. The highest BCUT2D eigenvalue weighted by Gasteiger charge is 2.16. The van der Waals surface area contributed by atoms with Gasteiger partial charge in [-0.15, -0.1) is 0 Å². The third-order valence-corrected chi connectivity index (χ3v) is 5.20. The largest absolute Gasteiger partial charge is 0.496 e. The van der Waals surface area contributed by atoms with Crippen LogP contribution in [0, 0.1) is 6.92 Å². The van der Waals surface area contributed by atoms with Crippen LogP contribution in [0.1, 0.15) is 17.1 Å². The fourth-order valence-electron chi connectivity index (χ4n) is 3.70. The number of rotatable bonds is 5. The number of nitrogens with one attached hydrogen (secondary N) is 1. The second-order valence-corrected chi connectivity index (χ2v) is 7.34. The molecule has 0 atom stereocenters. The number of para-hydroxylation sites is 3. The monoisotopic (exact) mass is 394 g/mol. The highest BCUT2D eigenvalue weighted by molar-refractivity contribution is 5.74. The zero-order valence-electron chi connectivity index (χ0n) is 17.0. The van der Waals surface area contributed by atoms with Crippen molar-refractivity contribution in [1.29, 1.82) is 0 Å². The summed E-state index contributed by atoms with van der Waals surface area (Å²) in [7, 11) is 1.69. The van der Waals surface area contributed by atoms with Crippen LogP contribution in [-0.4, -0.2) is 26.6 Å². The van der Waals surface area contributed by atoms with Crippen LogP contribution in [0.4, 0.5) is 0 Å². The molecule has 148 valence electrons. The van der Waals surface area contributed by atoms with E-state index in [1.54, 1.807) is 7.11 Å². The van der Waals surface area contributed by atoms with Crippen molar-refractivity contribution >= 4 is 11.0 Å². The van der Waals surface area contributed by atoms with Gasteiger partial charge in [0.15, 0.2) is 0 Å². The van der Waals surface area contributed by atoms with Gasteiger partial charge in [0.2, 0.25) is 0 Å². The predicted molar refractivity (Wildman–Crippen MR) is 119 cm³/mol. The number of ether oxygens (including phenoxy) is 1. The lowest BCUT2D eigenvalue weighted by Gasteiger charge is -2.11. The summed E-state index contributed by atoms with van der Waals surface area (Å²) in [6, 6.07) is 24.5. The molecule has 5 aromatic rings. The zero-order valence-corrected chi connectivity index (χ0v) is 17.0. The Labute approximate surface area is 175 Å². The smallest absolute Gasteiger partial charge is 0.148 e. The van der Waals surface area contributed by atoms with Crippen LogP contribution in [0.2, 0.25) is 0 Å². The molecule has 3 aromatic carbocycles. The lowest BCUT2D eigenvalue weighted by molar-refractivity contribution is 0.416. The standard InChI is InChI=1S/C25H22N4O/c1-17-11-13-19(14-12-17)29-16-18(15-24-27-21-8-4-5-9-22(21)28-24)26-25(29)20-7-3-6-10-23(20)30-2/h3-14,16H,15H2,1-2H3,(H,27,28). The molecule has 5 rings (SSSR count). The van der Waals surface area contributed by atoms with Gasteiger partial charge in [0, 0.05) is 18.3 Å². The van der Waals surface area contributed by atoms with Crippen molar-refractivity contribution < 1.29 is 4.74 Å². The molecule has 0 radical (unpaired) electrons. The summed E-state index contributed by atoms with van der Waals surface area (Å²) in [4.78, 5) is 13.1. The molecule has 0 aliphatic carbocycles. The van der Waals surface area contributed by atoms with Crippen LogP contribution < -0.4 is 4.74 Å². The maximum absolute atomic E-state index is 5.61. The number of methoxy groups -OCH3 is 1. The second-order valence-electron chi connectivity index (χ2n) is 7.34. The van der Waals surface area contributed by atoms with E-state index in [9.17, 15) is 0 Å². The van der Waals surface area contributed by atoms with E-state index in [2.05, 4.69) is 46.9 Å². The summed E-state index contributed by atoms with van der Waals surface area (Å²) in [6.07, 6.45) is 2.70. The first-order valence-electron chi connectivity index (χ1n) is 9.93. The number of nitrogens with zero attached hydrogens (tertiary/aromatic N) is 3. The number of imidazole rings is 2. The lowest BCUT2D eigenvalue weighted by Crippen LogP contribution is -1.98. The normalized spacial score (nSPS) is 11.1. The Bertz CT molecular complexity index is 1280. The van der Waals surface area contributed by atoms with Crippen molar-refractivity contribution in [3.8, 4) is 22.8 Å². The Hall–Kier alpha value is -3.86. The molecule has 0 aliphatic rings. The van der Waals surface area contributed by atoms with Crippen LogP contribution in [0.3, 0.4) is 0 Å². The van der Waals surface area contributed by atoms with Gasteiger partial charge in [-0.1, -0.05) is 42.0 Å². The molecule has 5 nitrogen and oxygen atoms in total. The SMILES string of the molecule is COc1ccccc1-c1nc(Cc2nc3ccccc3[nH]2)cn1-c1ccc(C)cc1. The first-order valence-corrected chi connectivity index (χ1v) is 9.93. The molecule has 2 heterocycles. The van der Waals surface area contributed by atoms with Crippen molar-refractivity contribution in [1.82, 2.24) is 19.5 Å². The van der Waals surface area contributed by atoms with Crippen LogP contribution >= 0.6 is 0 Å². The van der Waals surface area contributed by atoms with Gasteiger partial charge < -0.3 is 9.72 Å². The van der Waals surface area contributed by atoms with Gasteiger partial charge in [-0.05, 0) is 43.3 Å². The summed E-state index contributed by atoms with van der Waals surface area (Å²) >= 11 is 0. The minimum atomic E-state index is 0.621. The molecule has 30 heavy (non-hydrogen) atoms. The third-order valence-electron chi connectivity index (χ3n) is 5.20. The van der Waals surface area contributed by atoms with E-state index in [4.69, 9.17) is 14.7 Å². The minimum Gasteiger partial charge on any atom is -0.496 e. The molecule has 0 saturated heterocycles. The number of hydrogen-bond donors (Lipinski definition) is 1. The van der Waals surface area contributed by atoms with E-state index in [1.165, 1.54) is 5.56 Å². The molecule has 0 spiro atoms. The second kappa shape index (κ2) is 7.52. The van der Waals surface area contributed by atoms with Gasteiger partial charge in [0.25, 0.3) is 0 Å². The maximum Gasteiger partial charge on any atom is 0.148 e. The minimum absolute atomic E-state index is 0.621. The average Bonchev–Trinajstić information content (AvgIpc) is 3.38.